The first-order valence-corrected chi connectivity index (χ1v) is 6.98. The molecule has 0 aromatic heterocycles. The molecule has 0 bridgehead atoms. The molecular formula is C16H27NO2. The molecule has 1 unspecified atom stereocenters. The van der Waals surface area contributed by atoms with Crippen molar-refractivity contribution < 1.29 is 9.47 Å². The van der Waals surface area contributed by atoms with Crippen LogP contribution in [0.3, 0.4) is 0 Å². The van der Waals surface area contributed by atoms with E-state index in [9.17, 15) is 0 Å². The van der Waals surface area contributed by atoms with Gasteiger partial charge < -0.3 is 14.8 Å². The Morgan fingerprint density at radius 1 is 1.26 bits per heavy atom. The van der Waals surface area contributed by atoms with Crippen molar-refractivity contribution in [2.45, 2.75) is 33.2 Å². The Hall–Kier alpha value is -1.06. The largest absolute Gasteiger partial charge is 0.496 e. The van der Waals surface area contributed by atoms with Crippen LogP contribution in [0.2, 0.25) is 0 Å². The van der Waals surface area contributed by atoms with E-state index < -0.39 is 0 Å². The summed E-state index contributed by atoms with van der Waals surface area (Å²) in [6, 6.07) is 6.41. The van der Waals surface area contributed by atoms with Gasteiger partial charge in [-0.15, -0.1) is 0 Å². The van der Waals surface area contributed by atoms with Crippen LogP contribution >= 0.6 is 0 Å². The van der Waals surface area contributed by atoms with Crippen molar-refractivity contribution in [1.29, 1.82) is 0 Å². The molecule has 0 spiro atoms. The molecule has 0 saturated carbocycles. The third-order valence-corrected chi connectivity index (χ3v) is 3.23. The molecule has 0 fully saturated rings. The average Bonchev–Trinajstić information content (AvgIpc) is 2.38. The number of benzene rings is 1. The molecule has 0 aliphatic rings. The SMILES string of the molecule is CNC(COCCC(C)C)c1cc(C)ccc1OC. The van der Waals surface area contributed by atoms with Gasteiger partial charge in [0, 0.05) is 12.2 Å². The number of methoxy groups -OCH3 is 1. The number of likely N-dealkylation sites (N-methyl/N-ethyl adjacent to an activating group) is 1. The molecule has 1 rings (SSSR count). The average molecular weight is 265 g/mol. The van der Waals surface area contributed by atoms with E-state index in [2.05, 4.69) is 38.2 Å². The summed E-state index contributed by atoms with van der Waals surface area (Å²) in [4.78, 5) is 0. The van der Waals surface area contributed by atoms with Crippen LogP contribution in [0.25, 0.3) is 0 Å². The quantitative estimate of drug-likeness (QED) is 0.731. The normalized spacial score (nSPS) is 12.7. The van der Waals surface area contributed by atoms with Gasteiger partial charge >= 0.3 is 0 Å². The van der Waals surface area contributed by atoms with E-state index in [-0.39, 0.29) is 6.04 Å². The maximum atomic E-state index is 5.77. The highest BCUT2D eigenvalue weighted by molar-refractivity contribution is 5.39. The van der Waals surface area contributed by atoms with E-state index in [0.717, 1.165) is 24.3 Å². The zero-order valence-electron chi connectivity index (χ0n) is 12.8. The van der Waals surface area contributed by atoms with Crippen LogP contribution in [0.1, 0.15) is 37.4 Å². The molecule has 0 amide bonds. The van der Waals surface area contributed by atoms with Gasteiger partial charge in [-0.1, -0.05) is 31.5 Å². The molecule has 0 aliphatic heterocycles. The Kier molecular flexibility index (Phi) is 6.89. The Balaban J connectivity index is 2.65. The van der Waals surface area contributed by atoms with E-state index >= 15 is 0 Å². The van der Waals surface area contributed by atoms with Crippen LogP contribution in [0.5, 0.6) is 5.75 Å². The standard InChI is InChI=1S/C16H27NO2/c1-12(2)8-9-19-11-15(17-4)14-10-13(3)6-7-16(14)18-5/h6-7,10,12,15,17H,8-9,11H2,1-5H3. The second-order valence-corrected chi connectivity index (χ2v) is 5.34. The summed E-state index contributed by atoms with van der Waals surface area (Å²) in [5.74, 6) is 1.60. The van der Waals surface area contributed by atoms with Crippen molar-refractivity contribution in [3.63, 3.8) is 0 Å². The van der Waals surface area contributed by atoms with E-state index in [4.69, 9.17) is 9.47 Å². The number of nitrogens with one attached hydrogen (secondary N) is 1. The lowest BCUT2D eigenvalue weighted by atomic mass is 10.0. The zero-order valence-corrected chi connectivity index (χ0v) is 12.8. The fourth-order valence-electron chi connectivity index (χ4n) is 1.97. The second-order valence-electron chi connectivity index (χ2n) is 5.34. The first kappa shape index (κ1) is 16.0. The van der Waals surface area contributed by atoms with E-state index in [0.29, 0.717) is 12.5 Å². The third kappa shape index (κ3) is 5.21. The topological polar surface area (TPSA) is 30.5 Å². The summed E-state index contributed by atoms with van der Waals surface area (Å²) in [5.41, 5.74) is 2.40. The highest BCUT2D eigenvalue weighted by atomic mass is 16.5. The number of hydrogen-bond acceptors (Lipinski definition) is 3. The minimum Gasteiger partial charge on any atom is -0.496 e. The molecule has 3 nitrogen and oxygen atoms in total. The van der Waals surface area contributed by atoms with Gasteiger partial charge in [0.2, 0.25) is 0 Å². The summed E-state index contributed by atoms with van der Waals surface area (Å²) in [6.45, 7) is 7.99. The van der Waals surface area contributed by atoms with E-state index in [1.54, 1.807) is 7.11 Å². The van der Waals surface area contributed by atoms with Crippen LogP contribution in [-0.2, 0) is 4.74 Å². The number of aryl methyl sites for hydroxylation is 1. The summed E-state index contributed by atoms with van der Waals surface area (Å²) >= 11 is 0. The number of rotatable bonds is 8. The van der Waals surface area contributed by atoms with Crippen molar-refractivity contribution in [3.05, 3.63) is 29.3 Å². The van der Waals surface area contributed by atoms with Crippen LogP contribution < -0.4 is 10.1 Å². The molecule has 1 aromatic carbocycles. The predicted octanol–water partition coefficient (Wildman–Crippen LogP) is 3.33. The highest BCUT2D eigenvalue weighted by Crippen LogP contribution is 2.26. The number of ether oxygens (including phenoxy) is 2. The van der Waals surface area contributed by atoms with E-state index in [1.165, 1.54) is 5.56 Å². The maximum Gasteiger partial charge on any atom is 0.123 e. The molecule has 1 N–H and O–H groups in total. The van der Waals surface area contributed by atoms with Gasteiger partial charge in [-0.2, -0.15) is 0 Å². The van der Waals surface area contributed by atoms with Crippen LogP contribution in [-0.4, -0.2) is 27.4 Å². The minimum atomic E-state index is 0.169. The van der Waals surface area contributed by atoms with Gasteiger partial charge in [0.05, 0.1) is 19.8 Å². The fraction of sp³-hybridized carbons (Fsp3) is 0.625. The zero-order chi connectivity index (χ0) is 14.3. The lowest BCUT2D eigenvalue weighted by molar-refractivity contribution is 0.104. The lowest BCUT2D eigenvalue weighted by Crippen LogP contribution is -2.23. The first-order chi connectivity index (χ1) is 9.08. The lowest BCUT2D eigenvalue weighted by Gasteiger charge is -2.20. The third-order valence-electron chi connectivity index (χ3n) is 3.23. The van der Waals surface area contributed by atoms with Crippen molar-refractivity contribution in [3.8, 4) is 5.75 Å². The summed E-state index contributed by atoms with van der Waals surface area (Å²) in [5, 5.41) is 3.30. The molecule has 3 heteroatoms. The summed E-state index contributed by atoms with van der Waals surface area (Å²) < 4.78 is 11.2. The first-order valence-electron chi connectivity index (χ1n) is 6.98. The van der Waals surface area contributed by atoms with Crippen molar-refractivity contribution >= 4 is 0 Å². The Bertz CT molecular complexity index is 377. The fourth-order valence-corrected chi connectivity index (χ4v) is 1.97. The van der Waals surface area contributed by atoms with Gasteiger partial charge in [0.15, 0.2) is 0 Å². The van der Waals surface area contributed by atoms with E-state index in [1.807, 2.05) is 13.1 Å². The highest BCUT2D eigenvalue weighted by Gasteiger charge is 2.14. The molecule has 0 heterocycles. The molecular weight excluding hydrogens is 238 g/mol. The summed E-state index contributed by atoms with van der Waals surface area (Å²) in [6.07, 6.45) is 1.10. The smallest absolute Gasteiger partial charge is 0.123 e. The molecule has 0 radical (unpaired) electrons. The van der Waals surface area contributed by atoms with Gasteiger partial charge in [-0.05, 0) is 32.4 Å². The second kappa shape index (κ2) is 8.18. The van der Waals surface area contributed by atoms with Crippen molar-refractivity contribution in [1.82, 2.24) is 5.32 Å². The minimum absolute atomic E-state index is 0.169. The molecule has 0 saturated heterocycles. The summed E-state index contributed by atoms with van der Waals surface area (Å²) in [7, 11) is 3.67. The van der Waals surface area contributed by atoms with Gasteiger partial charge in [-0.25, -0.2) is 0 Å². The van der Waals surface area contributed by atoms with Gasteiger partial charge in [-0.3, -0.25) is 0 Å². The Morgan fingerprint density at radius 3 is 2.58 bits per heavy atom. The van der Waals surface area contributed by atoms with Gasteiger partial charge in [0.25, 0.3) is 0 Å². The number of hydrogen-bond donors (Lipinski definition) is 1. The molecule has 1 aromatic rings. The Morgan fingerprint density at radius 2 is 2.00 bits per heavy atom. The van der Waals surface area contributed by atoms with Crippen molar-refractivity contribution in [2.24, 2.45) is 5.92 Å². The Labute approximate surface area is 117 Å². The van der Waals surface area contributed by atoms with Gasteiger partial charge in [0.1, 0.15) is 5.75 Å². The predicted molar refractivity (Wildman–Crippen MR) is 79.8 cm³/mol. The molecule has 1 atom stereocenters. The molecule has 0 aliphatic carbocycles. The molecule has 108 valence electrons. The van der Waals surface area contributed by atoms with Crippen LogP contribution in [0.15, 0.2) is 18.2 Å². The molecule has 19 heavy (non-hydrogen) atoms. The van der Waals surface area contributed by atoms with Crippen LogP contribution in [0, 0.1) is 12.8 Å². The van der Waals surface area contributed by atoms with Crippen molar-refractivity contribution in [2.75, 3.05) is 27.4 Å². The van der Waals surface area contributed by atoms with Crippen LogP contribution in [0.4, 0.5) is 0 Å². The maximum absolute atomic E-state index is 5.77. The monoisotopic (exact) mass is 265 g/mol.